The average molecular weight is 269 g/mol. The molecule has 1 unspecified atom stereocenters. The summed E-state index contributed by atoms with van der Waals surface area (Å²) in [5.41, 5.74) is 6.14. The average Bonchev–Trinajstić information content (AvgIpc) is 2.76. The van der Waals surface area contributed by atoms with Gasteiger partial charge in [-0.1, -0.05) is 6.92 Å². The molecule has 2 N–H and O–H groups in total. The molecule has 0 bridgehead atoms. The van der Waals surface area contributed by atoms with Crippen molar-refractivity contribution in [1.82, 2.24) is 9.55 Å². The van der Waals surface area contributed by atoms with Crippen molar-refractivity contribution in [3.05, 3.63) is 11.5 Å². The number of rotatable bonds is 4. The molecule has 1 saturated heterocycles. The second-order valence-electron chi connectivity index (χ2n) is 4.29. The van der Waals surface area contributed by atoms with E-state index in [2.05, 4.69) is 9.72 Å². The Balaban J connectivity index is 2.22. The van der Waals surface area contributed by atoms with E-state index in [0.717, 1.165) is 5.82 Å². The number of carbonyl (C=O) groups is 1. The van der Waals surface area contributed by atoms with Crippen molar-refractivity contribution in [2.24, 2.45) is 0 Å². The summed E-state index contributed by atoms with van der Waals surface area (Å²) in [5, 5.41) is 0. The number of nitrogens with zero attached hydrogens (tertiary/aromatic N) is 2. The third-order valence-electron chi connectivity index (χ3n) is 3.05. The summed E-state index contributed by atoms with van der Waals surface area (Å²) < 4.78 is 17.4. The van der Waals surface area contributed by atoms with Crippen LogP contribution in [0.4, 0.5) is 5.82 Å². The van der Waals surface area contributed by atoms with E-state index >= 15 is 0 Å². The third-order valence-corrected chi connectivity index (χ3v) is 3.05. The highest BCUT2D eigenvalue weighted by Gasteiger charge is 2.23. The number of aromatic nitrogens is 2. The molecule has 2 heterocycles. The van der Waals surface area contributed by atoms with Crippen LogP contribution >= 0.6 is 0 Å². The molecular weight excluding hydrogens is 250 g/mol. The van der Waals surface area contributed by atoms with Crippen molar-refractivity contribution in [1.29, 1.82) is 0 Å². The number of methoxy groups -OCH3 is 1. The molecule has 2 rings (SSSR count). The lowest BCUT2D eigenvalue weighted by Crippen LogP contribution is -2.33. The van der Waals surface area contributed by atoms with Crippen molar-refractivity contribution in [3.8, 4) is 0 Å². The molecular formula is C12H19N3O4. The first kappa shape index (κ1) is 13.8. The molecule has 7 nitrogen and oxygen atoms in total. The SMILES string of the molecule is CCc1nc(C(=O)OC)c(N)n1CC1COCCO1. The Morgan fingerprint density at radius 1 is 1.58 bits per heavy atom. The van der Waals surface area contributed by atoms with Crippen LogP contribution in [0, 0.1) is 0 Å². The van der Waals surface area contributed by atoms with Gasteiger partial charge in [-0.2, -0.15) is 0 Å². The minimum absolute atomic E-state index is 0.0685. The highest BCUT2D eigenvalue weighted by atomic mass is 16.6. The van der Waals surface area contributed by atoms with Gasteiger partial charge in [0, 0.05) is 6.42 Å². The van der Waals surface area contributed by atoms with Crippen LogP contribution in [0.3, 0.4) is 0 Å². The summed E-state index contributed by atoms with van der Waals surface area (Å²) >= 11 is 0. The molecule has 7 heteroatoms. The van der Waals surface area contributed by atoms with Crippen LogP contribution in [0.15, 0.2) is 0 Å². The molecule has 0 saturated carbocycles. The van der Waals surface area contributed by atoms with Crippen LogP contribution < -0.4 is 5.73 Å². The lowest BCUT2D eigenvalue weighted by atomic mass is 10.3. The normalized spacial score (nSPS) is 19.4. The van der Waals surface area contributed by atoms with Crippen LogP contribution in [0.2, 0.25) is 0 Å². The van der Waals surface area contributed by atoms with Gasteiger partial charge >= 0.3 is 5.97 Å². The van der Waals surface area contributed by atoms with Gasteiger partial charge in [-0.15, -0.1) is 0 Å². The number of hydrogen-bond acceptors (Lipinski definition) is 6. The predicted molar refractivity (Wildman–Crippen MR) is 67.9 cm³/mol. The molecule has 0 spiro atoms. The van der Waals surface area contributed by atoms with Crippen molar-refractivity contribution in [2.45, 2.75) is 26.0 Å². The fraction of sp³-hybridized carbons (Fsp3) is 0.667. The topological polar surface area (TPSA) is 88.6 Å². The Morgan fingerprint density at radius 3 is 2.95 bits per heavy atom. The van der Waals surface area contributed by atoms with Gasteiger partial charge in [0.25, 0.3) is 0 Å². The summed E-state index contributed by atoms with van der Waals surface area (Å²) in [4.78, 5) is 15.8. The smallest absolute Gasteiger partial charge is 0.360 e. The van der Waals surface area contributed by atoms with Crippen LogP contribution in [-0.2, 0) is 27.2 Å². The zero-order chi connectivity index (χ0) is 13.8. The number of aryl methyl sites for hydroxylation is 1. The number of esters is 1. The van der Waals surface area contributed by atoms with Gasteiger partial charge in [-0.3, -0.25) is 0 Å². The van der Waals surface area contributed by atoms with Crippen molar-refractivity contribution >= 4 is 11.8 Å². The second kappa shape index (κ2) is 6.03. The molecule has 1 aromatic heterocycles. The van der Waals surface area contributed by atoms with E-state index in [-0.39, 0.29) is 11.8 Å². The van der Waals surface area contributed by atoms with Crippen LogP contribution in [0.25, 0.3) is 0 Å². The summed E-state index contributed by atoms with van der Waals surface area (Å²) in [6.07, 6.45) is 0.607. The highest BCUT2D eigenvalue weighted by Crippen LogP contribution is 2.18. The number of anilines is 1. The fourth-order valence-electron chi connectivity index (χ4n) is 2.08. The van der Waals surface area contributed by atoms with E-state index in [1.165, 1.54) is 7.11 Å². The summed E-state index contributed by atoms with van der Waals surface area (Å²) in [7, 11) is 1.31. The van der Waals surface area contributed by atoms with Gasteiger partial charge in [0.15, 0.2) is 5.69 Å². The summed E-state index contributed by atoms with van der Waals surface area (Å²) in [5.74, 6) is 0.539. The predicted octanol–water partition coefficient (Wildman–Crippen LogP) is 0.230. The third kappa shape index (κ3) is 2.87. The minimum Gasteiger partial charge on any atom is -0.464 e. The molecule has 0 amide bonds. The fourth-order valence-corrected chi connectivity index (χ4v) is 2.08. The number of hydrogen-bond donors (Lipinski definition) is 1. The van der Waals surface area contributed by atoms with E-state index < -0.39 is 5.97 Å². The molecule has 19 heavy (non-hydrogen) atoms. The molecule has 1 aromatic rings. The Bertz CT molecular complexity index is 452. The first-order valence-corrected chi connectivity index (χ1v) is 6.29. The van der Waals surface area contributed by atoms with Crippen LogP contribution in [-0.4, -0.2) is 48.6 Å². The van der Waals surface area contributed by atoms with Gasteiger partial charge < -0.3 is 24.5 Å². The number of carbonyl (C=O) groups excluding carboxylic acids is 1. The van der Waals surface area contributed by atoms with Gasteiger partial charge in [0.1, 0.15) is 11.6 Å². The molecule has 1 aliphatic heterocycles. The highest BCUT2D eigenvalue weighted by molar-refractivity contribution is 5.92. The number of imidazole rings is 1. The maximum atomic E-state index is 11.6. The maximum absolute atomic E-state index is 11.6. The van der Waals surface area contributed by atoms with Crippen molar-refractivity contribution < 1.29 is 19.0 Å². The van der Waals surface area contributed by atoms with E-state index in [9.17, 15) is 4.79 Å². The number of nitrogen functional groups attached to an aromatic ring is 1. The van der Waals surface area contributed by atoms with Crippen molar-refractivity contribution in [3.63, 3.8) is 0 Å². The molecule has 0 aliphatic carbocycles. The first-order valence-electron chi connectivity index (χ1n) is 6.29. The van der Waals surface area contributed by atoms with Gasteiger partial charge in [0.05, 0.1) is 39.6 Å². The van der Waals surface area contributed by atoms with Gasteiger partial charge in [-0.05, 0) is 0 Å². The maximum Gasteiger partial charge on any atom is 0.360 e. The van der Waals surface area contributed by atoms with Crippen LogP contribution in [0.1, 0.15) is 23.2 Å². The summed E-state index contributed by atoms with van der Waals surface area (Å²) in [6.45, 7) is 4.19. The lowest BCUT2D eigenvalue weighted by Gasteiger charge is -2.24. The second-order valence-corrected chi connectivity index (χ2v) is 4.29. The van der Waals surface area contributed by atoms with E-state index in [1.807, 2.05) is 6.92 Å². The minimum atomic E-state index is -0.522. The molecule has 1 atom stereocenters. The van der Waals surface area contributed by atoms with Crippen LogP contribution in [0.5, 0.6) is 0 Å². The monoisotopic (exact) mass is 269 g/mol. The zero-order valence-corrected chi connectivity index (χ0v) is 11.2. The Kier molecular flexibility index (Phi) is 4.39. The Labute approximate surface area is 111 Å². The standard InChI is InChI=1S/C12H19N3O4/c1-3-9-14-10(12(16)17-2)11(13)15(9)6-8-7-18-4-5-19-8/h8H,3-7,13H2,1-2H3. The zero-order valence-electron chi connectivity index (χ0n) is 11.2. The van der Waals surface area contributed by atoms with Gasteiger partial charge in [-0.25, -0.2) is 9.78 Å². The first-order chi connectivity index (χ1) is 9.17. The molecule has 1 fully saturated rings. The van der Waals surface area contributed by atoms with E-state index in [0.29, 0.717) is 38.6 Å². The van der Waals surface area contributed by atoms with Gasteiger partial charge in [0.2, 0.25) is 0 Å². The molecule has 0 radical (unpaired) electrons. The Morgan fingerprint density at radius 2 is 2.37 bits per heavy atom. The quantitative estimate of drug-likeness (QED) is 0.787. The molecule has 0 aromatic carbocycles. The van der Waals surface area contributed by atoms with E-state index in [4.69, 9.17) is 15.2 Å². The van der Waals surface area contributed by atoms with Crippen molar-refractivity contribution in [2.75, 3.05) is 32.7 Å². The van der Waals surface area contributed by atoms with E-state index in [1.54, 1.807) is 4.57 Å². The molecule has 1 aliphatic rings. The number of ether oxygens (including phenoxy) is 3. The molecule has 106 valence electrons. The summed E-state index contributed by atoms with van der Waals surface area (Å²) in [6, 6.07) is 0. The lowest BCUT2D eigenvalue weighted by molar-refractivity contribution is -0.0936. The largest absolute Gasteiger partial charge is 0.464 e. The Hall–Kier alpha value is -1.60. The number of nitrogens with two attached hydrogens (primary N) is 1.